The van der Waals surface area contributed by atoms with Crippen molar-refractivity contribution in [1.29, 1.82) is 0 Å². The molecular weight excluding hydrogens is 226 g/mol. The molecule has 0 fully saturated rings. The summed E-state index contributed by atoms with van der Waals surface area (Å²) in [5, 5.41) is 17.3. The van der Waals surface area contributed by atoms with Gasteiger partial charge in [-0.2, -0.15) is 4.52 Å². The first-order chi connectivity index (χ1) is 7.90. The van der Waals surface area contributed by atoms with Crippen molar-refractivity contribution < 1.29 is 4.84 Å². The summed E-state index contributed by atoms with van der Waals surface area (Å²) in [6, 6.07) is 3.98. The summed E-state index contributed by atoms with van der Waals surface area (Å²) < 4.78 is 2.81. The molecule has 0 aliphatic rings. The zero-order chi connectivity index (χ0) is 11.0. The molecule has 3 aromatic heterocycles. The van der Waals surface area contributed by atoms with E-state index in [0.717, 1.165) is 15.8 Å². The highest BCUT2D eigenvalue weighted by atomic mass is 32.1. The monoisotopic (exact) mass is 233 g/mol. The SMILES string of the molecule is CON=Cc1cc2sccc2n2nnnc12. The number of thiophene rings is 1. The predicted molar refractivity (Wildman–Crippen MR) is 60.8 cm³/mol. The molecule has 3 heterocycles. The van der Waals surface area contributed by atoms with Crippen LogP contribution in [0.5, 0.6) is 0 Å². The zero-order valence-electron chi connectivity index (χ0n) is 8.36. The van der Waals surface area contributed by atoms with Crippen molar-refractivity contribution in [3.63, 3.8) is 0 Å². The number of nitrogens with zero attached hydrogens (tertiary/aromatic N) is 5. The summed E-state index contributed by atoms with van der Waals surface area (Å²) in [5.74, 6) is 0. The van der Waals surface area contributed by atoms with Crippen LogP contribution in [0.3, 0.4) is 0 Å². The Labute approximate surface area is 94.1 Å². The number of aromatic nitrogens is 4. The van der Waals surface area contributed by atoms with Gasteiger partial charge in [0, 0.05) is 5.56 Å². The van der Waals surface area contributed by atoms with E-state index in [0.29, 0.717) is 5.65 Å². The van der Waals surface area contributed by atoms with Gasteiger partial charge in [-0.3, -0.25) is 0 Å². The van der Waals surface area contributed by atoms with Crippen molar-refractivity contribution in [3.8, 4) is 0 Å². The summed E-state index contributed by atoms with van der Waals surface area (Å²) in [7, 11) is 1.50. The van der Waals surface area contributed by atoms with Crippen LogP contribution in [0.1, 0.15) is 5.56 Å². The van der Waals surface area contributed by atoms with Gasteiger partial charge in [0.2, 0.25) is 0 Å². The van der Waals surface area contributed by atoms with Crippen molar-refractivity contribution in [2.45, 2.75) is 0 Å². The van der Waals surface area contributed by atoms with E-state index in [-0.39, 0.29) is 0 Å². The molecule has 0 bridgehead atoms. The first-order valence-electron chi connectivity index (χ1n) is 4.55. The Balaban J connectivity index is 2.38. The minimum Gasteiger partial charge on any atom is -0.399 e. The van der Waals surface area contributed by atoms with E-state index in [1.165, 1.54) is 7.11 Å². The molecule has 0 saturated heterocycles. The smallest absolute Gasteiger partial charge is 0.188 e. The molecular formula is C9H7N5OS. The lowest BCUT2D eigenvalue weighted by atomic mass is 10.2. The second-order valence-electron chi connectivity index (χ2n) is 3.10. The highest BCUT2D eigenvalue weighted by Gasteiger charge is 2.08. The molecule has 6 nitrogen and oxygen atoms in total. The molecule has 0 radical (unpaired) electrons. The first kappa shape index (κ1) is 9.22. The van der Waals surface area contributed by atoms with Gasteiger partial charge in [-0.05, 0) is 27.9 Å². The van der Waals surface area contributed by atoms with Gasteiger partial charge in [0.05, 0.1) is 16.4 Å². The quantitative estimate of drug-likeness (QED) is 0.494. The Morgan fingerprint density at radius 2 is 2.50 bits per heavy atom. The lowest BCUT2D eigenvalue weighted by Gasteiger charge is -1.97. The summed E-state index contributed by atoms with van der Waals surface area (Å²) >= 11 is 1.63. The van der Waals surface area contributed by atoms with Crippen LogP contribution in [0, 0.1) is 0 Å². The minimum absolute atomic E-state index is 0.673. The normalized spacial score (nSPS) is 11.8. The molecule has 7 heteroatoms. The third-order valence-electron chi connectivity index (χ3n) is 2.21. The van der Waals surface area contributed by atoms with Crippen LogP contribution in [0.15, 0.2) is 22.7 Å². The maximum atomic E-state index is 4.66. The standard InChI is InChI=1S/C9H7N5OS/c1-15-10-5-6-4-8-7(2-3-16-8)14-9(6)11-12-13-14/h2-5H,1H3. The first-order valence-corrected chi connectivity index (χ1v) is 5.43. The van der Waals surface area contributed by atoms with Crippen molar-refractivity contribution in [1.82, 2.24) is 20.0 Å². The largest absolute Gasteiger partial charge is 0.399 e. The van der Waals surface area contributed by atoms with E-state index in [4.69, 9.17) is 0 Å². The number of oxime groups is 1. The van der Waals surface area contributed by atoms with Crippen LogP contribution in [0.25, 0.3) is 15.9 Å². The average Bonchev–Trinajstić information content (AvgIpc) is 2.92. The van der Waals surface area contributed by atoms with E-state index in [9.17, 15) is 0 Å². The topological polar surface area (TPSA) is 64.7 Å². The second kappa shape index (κ2) is 3.53. The number of pyridine rings is 1. The molecule has 3 rings (SSSR count). The van der Waals surface area contributed by atoms with Gasteiger partial charge in [0.25, 0.3) is 0 Å². The molecule has 16 heavy (non-hydrogen) atoms. The van der Waals surface area contributed by atoms with Gasteiger partial charge in [-0.1, -0.05) is 5.16 Å². The van der Waals surface area contributed by atoms with Crippen molar-refractivity contribution in [2.24, 2.45) is 5.16 Å². The van der Waals surface area contributed by atoms with E-state index in [1.54, 1.807) is 22.1 Å². The lowest BCUT2D eigenvalue weighted by molar-refractivity contribution is 0.215. The van der Waals surface area contributed by atoms with Crippen molar-refractivity contribution in [3.05, 3.63) is 23.1 Å². The number of fused-ring (bicyclic) bond motifs is 3. The Morgan fingerprint density at radius 1 is 1.56 bits per heavy atom. The van der Waals surface area contributed by atoms with E-state index in [2.05, 4.69) is 25.5 Å². The van der Waals surface area contributed by atoms with E-state index >= 15 is 0 Å². The zero-order valence-corrected chi connectivity index (χ0v) is 9.18. The molecule has 0 aromatic carbocycles. The Hall–Kier alpha value is -2.02. The number of hydrogen-bond acceptors (Lipinski definition) is 6. The minimum atomic E-state index is 0.673. The Morgan fingerprint density at radius 3 is 3.38 bits per heavy atom. The van der Waals surface area contributed by atoms with Gasteiger partial charge >= 0.3 is 0 Å². The van der Waals surface area contributed by atoms with Crippen LogP contribution < -0.4 is 0 Å². The Kier molecular flexibility index (Phi) is 2.03. The summed E-state index contributed by atoms with van der Waals surface area (Å²) in [5.41, 5.74) is 2.51. The maximum absolute atomic E-state index is 4.66. The molecule has 0 spiro atoms. The summed E-state index contributed by atoms with van der Waals surface area (Å²) in [4.78, 5) is 4.66. The van der Waals surface area contributed by atoms with E-state index in [1.807, 2.05) is 17.5 Å². The van der Waals surface area contributed by atoms with Crippen LogP contribution in [0.2, 0.25) is 0 Å². The molecule has 3 aromatic rings. The van der Waals surface area contributed by atoms with Crippen LogP contribution >= 0.6 is 11.3 Å². The predicted octanol–water partition coefficient (Wildman–Crippen LogP) is 1.32. The molecule has 0 aliphatic carbocycles. The third-order valence-corrected chi connectivity index (χ3v) is 3.07. The number of hydrogen-bond donors (Lipinski definition) is 0. The summed E-state index contributed by atoms with van der Waals surface area (Å²) in [6.45, 7) is 0. The van der Waals surface area contributed by atoms with E-state index < -0.39 is 0 Å². The lowest BCUT2D eigenvalue weighted by Crippen LogP contribution is -1.94. The van der Waals surface area contributed by atoms with Crippen molar-refractivity contribution >= 4 is 33.4 Å². The fourth-order valence-corrected chi connectivity index (χ4v) is 2.35. The highest BCUT2D eigenvalue weighted by molar-refractivity contribution is 7.17. The summed E-state index contributed by atoms with van der Waals surface area (Å²) in [6.07, 6.45) is 1.60. The second-order valence-corrected chi connectivity index (χ2v) is 4.05. The maximum Gasteiger partial charge on any atom is 0.188 e. The van der Waals surface area contributed by atoms with Crippen LogP contribution in [-0.2, 0) is 4.84 Å². The molecule has 0 amide bonds. The van der Waals surface area contributed by atoms with Crippen LogP contribution in [0.4, 0.5) is 0 Å². The molecule has 0 saturated carbocycles. The highest BCUT2D eigenvalue weighted by Crippen LogP contribution is 2.22. The molecule has 0 atom stereocenters. The third kappa shape index (κ3) is 1.25. The Bertz CT molecular complexity index is 671. The van der Waals surface area contributed by atoms with Gasteiger partial charge in [-0.15, -0.1) is 16.4 Å². The van der Waals surface area contributed by atoms with Gasteiger partial charge in [-0.25, -0.2) is 0 Å². The molecule has 80 valence electrons. The number of rotatable bonds is 2. The molecule has 0 N–H and O–H groups in total. The average molecular weight is 233 g/mol. The molecule has 0 aliphatic heterocycles. The van der Waals surface area contributed by atoms with Crippen LogP contribution in [-0.4, -0.2) is 33.4 Å². The fraction of sp³-hybridized carbons (Fsp3) is 0.111. The fourth-order valence-electron chi connectivity index (χ4n) is 1.54. The van der Waals surface area contributed by atoms with Gasteiger partial charge in [0.1, 0.15) is 7.11 Å². The number of tetrazole rings is 1. The van der Waals surface area contributed by atoms with Gasteiger partial charge in [0.15, 0.2) is 5.65 Å². The van der Waals surface area contributed by atoms with Gasteiger partial charge < -0.3 is 4.84 Å². The molecule has 0 unspecified atom stereocenters. The van der Waals surface area contributed by atoms with Crippen molar-refractivity contribution in [2.75, 3.05) is 7.11 Å².